The van der Waals surface area contributed by atoms with E-state index in [4.69, 9.17) is 5.11 Å². The number of rotatable bonds is 5. The topological polar surface area (TPSA) is 43.8 Å². The number of nitrogens with zero attached hydrogens (tertiary/aromatic N) is 2. The van der Waals surface area contributed by atoms with Gasteiger partial charge in [0.15, 0.2) is 0 Å². The number of aromatic carboxylic acids is 1. The summed E-state index contributed by atoms with van der Waals surface area (Å²) in [6.07, 6.45) is 2.47. The molecule has 0 spiro atoms. The van der Waals surface area contributed by atoms with Crippen molar-refractivity contribution in [3.05, 3.63) is 35.4 Å². The fourth-order valence-corrected chi connectivity index (χ4v) is 2.77. The second-order valence-electron chi connectivity index (χ2n) is 5.53. The van der Waals surface area contributed by atoms with Gasteiger partial charge < -0.3 is 10.0 Å². The zero-order chi connectivity index (χ0) is 13.8. The normalized spacial score (nSPS) is 20.1. The molecule has 1 atom stereocenters. The van der Waals surface area contributed by atoms with E-state index in [2.05, 4.69) is 23.9 Å². The SMILES string of the molecule is CN(C)CC1CCCN1Cc1cccc(C(=O)O)c1. The first kappa shape index (κ1) is 14.0. The molecule has 1 heterocycles. The molecule has 2 rings (SSSR count). The van der Waals surface area contributed by atoms with Crippen LogP contribution in [0.25, 0.3) is 0 Å². The van der Waals surface area contributed by atoms with Crippen molar-refractivity contribution in [1.82, 2.24) is 9.80 Å². The van der Waals surface area contributed by atoms with E-state index in [1.54, 1.807) is 12.1 Å². The second kappa shape index (κ2) is 6.17. The smallest absolute Gasteiger partial charge is 0.335 e. The first-order chi connectivity index (χ1) is 9.06. The Hall–Kier alpha value is -1.39. The lowest BCUT2D eigenvalue weighted by Crippen LogP contribution is -2.37. The van der Waals surface area contributed by atoms with E-state index in [-0.39, 0.29) is 0 Å². The molecule has 0 bridgehead atoms. The van der Waals surface area contributed by atoms with Gasteiger partial charge in [0.2, 0.25) is 0 Å². The number of hydrogen-bond acceptors (Lipinski definition) is 3. The van der Waals surface area contributed by atoms with Gasteiger partial charge in [-0.05, 0) is 51.2 Å². The summed E-state index contributed by atoms with van der Waals surface area (Å²) < 4.78 is 0. The number of benzene rings is 1. The molecule has 1 aliphatic heterocycles. The maximum Gasteiger partial charge on any atom is 0.335 e. The summed E-state index contributed by atoms with van der Waals surface area (Å²) in [7, 11) is 4.20. The van der Waals surface area contributed by atoms with Gasteiger partial charge in [0.25, 0.3) is 0 Å². The largest absolute Gasteiger partial charge is 0.478 e. The summed E-state index contributed by atoms with van der Waals surface area (Å²) in [5.74, 6) is -0.854. The van der Waals surface area contributed by atoms with Gasteiger partial charge in [-0.2, -0.15) is 0 Å². The quantitative estimate of drug-likeness (QED) is 0.880. The monoisotopic (exact) mass is 262 g/mol. The Labute approximate surface area is 114 Å². The third kappa shape index (κ3) is 3.78. The van der Waals surface area contributed by atoms with Crippen LogP contribution in [0.15, 0.2) is 24.3 Å². The van der Waals surface area contributed by atoms with Crippen molar-refractivity contribution >= 4 is 5.97 Å². The summed E-state index contributed by atoms with van der Waals surface area (Å²) in [6.45, 7) is 3.02. The fraction of sp³-hybridized carbons (Fsp3) is 0.533. The van der Waals surface area contributed by atoms with E-state index >= 15 is 0 Å². The van der Waals surface area contributed by atoms with Crippen LogP contribution in [0, 0.1) is 0 Å². The minimum atomic E-state index is -0.854. The van der Waals surface area contributed by atoms with E-state index in [1.807, 2.05) is 12.1 Å². The van der Waals surface area contributed by atoms with Crippen LogP contribution in [0.3, 0.4) is 0 Å². The number of likely N-dealkylation sites (tertiary alicyclic amines) is 1. The van der Waals surface area contributed by atoms with Gasteiger partial charge in [-0.3, -0.25) is 4.90 Å². The van der Waals surface area contributed by atoms with Gasteiger partial charge in [-0.25, -0.2) is 4.79 Å². The summed E-state index contributed by atoms with van der Waals surface area (Å²) in [6, 6.07) is 7.86. The molecule has 1 unspecified atom stereocenters. The third-order valence-electron chi connectivity index (χ3n) is 3.63. The van der Waals surface area contributed by atoms with Crippen molar-refractivity contribution in [2.24, 2.45) is 0 Å². The Bertz CT molecular complexity index is 446. The van der Waals surface area contributed by atoms with Crippen LogP contribution in [-0.4, -0.2) is 54.1 Å². The van der Waals surface area contributed by atoms with Gasteiger partial charge >= 0.3 is 5.97 Å². The van der Waals surface area contributed by atoms with Crippen molar-refractivity contribution in [2.75, 3.05) is 27.2 Å². The van der Waals surface area contributed by atoms with Gasteiger partial charge in [-0.15, -0.1) is 0 Å². The molecule has 0 aliphatic carbocycles. The standard InChI is InChI=1S/C15H22N2O2/c1-16(2)11-14-7-4-8-17(14)10-12-5-3-6-13(9-12)15(18)19/h3,5-6,9,14H,4,7-8,10-11H2,1-2H3,(H,18,19). The molecule has 104 valence electrons. The fourth-order valence-electron chi connectivity index (χ4n) is 2.77. The third-order valence-corrected chi connectivity index (χ3v) is 3.63. The predicted molar refractivity (Wildman–Crippen MR) is 75.4 cm³/mol. The van der Waals surface area contributed by atoms with Crippen LogP contribution in [0.5, 0.6) is 0 Å². The molecule has 0 amide bonds. The zero-order valence-electron chi connectivity index (χ0n) is 11.7. The molecule has 0 aromatic heterocycles. The van der Waals surface area contributed by atoms with Gasteiger partial charge in [0.1, 0.15) is 0 Å². The molecular weight excluding hydrogens is 240 g/mol. The van der Waals surface area contributed by atoms with Crippen molar-refractivity contribution in [2.45, 2.75) is 25.4 Å². The lowest BCUT2D eigenvalue weighted by Gasteiger charge is -2.27. The van der Waals surface area contributed by atoms with E-state index in [9.17, 15) is 4.79 Å². The Balaban J connectivity index is 2.03. The summed E-state index contributed by atoms with van der Waals surface area (Å²) in [5, 5.41) is 9.02. The van der Waals surface area contributed by atoms with Crippen molar-refractivity contribution in [3.8, 4) is 0 Å². The molecule has 1 fully saturated rings. The average molecular weight is 262 g/mol. The van der Waals surface area contributed by atoms with Crippen molar-refractivity contribution in [1.29, 1.82) is 0 Å². The van der Waals surface area contributed by atoms with Crippen LogP contribution >= 0.6 is 0 Å². The highest BCUT2D eigenvalue weighted by Gasteiger charge is 2.24. The Kier molecular flexibility index (Phi) is 4.56. The highest BCUT2D eigenvalue weighted by atomic mass is 16.4. The second-order valence-corrected chi connectivity index (χ2v) is 5.53. The van der Waals surface area contributed by atoms with Crippen LogP contribution in [0.1, 0.15) is 28.8 Å². The van der Waals surface area contributed by atoms with Crippen LogP contribution in [0.4, 0.5) is 0 Å². The maximum absolute atomic E-state index is 11.0. The molecule has 4 nitrogen and oxygen atoms in total. The summed E-state index contributed by atoms with van der Waals surface area (Å²) in [4.78, 5) is 15.7. The molecular formula is C15H22N2O2. The number of carboxylic acid groups (broad SMARTS) is 1. The lowest BCUT2D eigenvalue weighted by atomic mass is 10.1. The van der Waals surface area contributed by atoms with Crippen molar-refractivity contribution in [3.63, 3.8) is 0 Å². The molecule has 1 aromatic carbocycles. The molecule has 1 saturated heterocycles. The molecule has 0 saturated carbocycles. The van der Waals surface area contributed by atoms with Gasteiger partial charge in [0, 0.05) is 19.1 Å². The van der Waals surface area contributed by atoms with Crippen molar-refractivity contribution < 1.29 is 9.90 Å². The molecule has 1 N–H and O–H groups in total. The summed E-state index contributed by atoms with van der Waals surface area (Å²) >= 11 is 0. The highest BCUT2D eigenvalue weighted by Crippen LogP contribution is 2.21. The Morgan fingerprint density at radius 2 is 2.26 bits per heavy atom. The van der Waals surface area contributed by atoms with Crippen LogP contribution in [0.2, 0.25) is 0 Å². The number of likely N-dealkylation sites (N-methyl/N-ethyl adjacent to an activating group) is 1. The average Bonchev–Trinajstić information content (AvgIpc) is 2.76. The zero-order valence-corrected chi connectivity index (χ0v) is 11.7. The predicted octanol–water partition coefficient (Wildman–Crippen LogP) is 1.91. The van der Waals surface area contributed by atoms with Gasteiger partial charge in [-0.1, -0.05) is 12.1 Å². The van der Waals surface area contributed by atoms with Gasteiger partial charge in [0.05, 0.1) is 5.56 Å². The number of hydrogen-bond donors (Lipinski definition) is 1. The minimum absolute atomic E-state index is 0.376. The molecule has 19 heavy (non-hydrogen) atoms. The van der Waals surface area contributed by atoms with E-state index in [0.29, 0.717) is 11.6 Å². The van der Waals surface area contributed by atoms with E-state index < -0.39 is 5.97 Å². The maximum atomic E-state index is 11.0. The molecule has 4 heteroatoms. The Morgan fingerprint density at radius 3 is 2.95 bits per heavy atom. The Morgan fingerprint density at radius 1 is 1.47 bits per heavy atom. The summed E-state index contributed by atoms with van der Waals surface area (Å²) in [5.41, 5.74) is 1.46. The lowest BCUT2D eigenvalue weighted by molar-refractivity contribution is 0.0696. The van der Waals surface area contributed by atoms with E-state index in [1.165, 1.54) is 12.8 Å². The first-order valence-corrected chi connectivity index (χ1v) is 6.77. The number of carbonyl (C=O) groups is 1. The molecule has 1 aromatic rings. The highest BCUT2D eigenvalue weighted by molar-refractivity contribution is 5.87. The number of carboxylic acids is 1. The van der Waals surface area contributed by atoms with Crippen LogP contribution in [-0.2, 0) is 6.54 Å². The molecule has 1 aliphatic rings. The minimum Gasteiger partial charge on any atom is -0.478 e. The van der Waals surface area contributed by atoms with Crippen LogP contribution < -0.4 is 0 Å². The molecule has 0 radical (unpaired) electrons. The van der Waals surface area contributed by atoms with E-state index in [0.717, 1.165) is 25.2 Å². The first-order valence-electron chi connectivity index (χ1n) is 6.77.